The summed E-state index contributed by atoms with van der Waals surface area (Å²) in [6, 6.07) is 9.26. The Morgan fingerprint density at radius 2 is 1.89 bits per heavy atom. The van der Waals surface area contributed by atoms with Gasteiger partial charge < -0.3 is 10.0 Å². The van der Waals surface area contributed by atoms with Gasteiger partial charge in [-0.25, -0.2) is 15.0 Å². The summed E-state index contributed by atoms with van der Waals surface area (Å²) < 4.78 is 0. The lowest BCUT2D eigenvalue weighted by atomic mass is 9.94. The first kappa shape index (κ1) is 26.0. The van der Waals surface area contributed by atoms with Gasteiger partial charge in [-0.2, -0.15) is 5.10 Å². The van der Waals surface area contributed by atoms with E-state index in [1.54, 1.807) is 12.5 Å². The lowest BCUT2D eigenvalue weighted by Crippen LogP contribution is -2.62. The summed E-state index contributed by atoms with van der Waals surface area (Å²) in [5.74, 6) is 1.52. The SMILES string of the molecule is CC[C@H]1CN(c2ncc(-c3nc[nH]n3)nc2C)[C@H](C)CN1C1CCN(C(CO)c2ccc(Cl)cc2)CC1. The monoisotopic (exact) mass is 524 g/mol. The number of hydrogen-bond acceptors (Lipinski definition) is 8. The molecule has 3 aromatic rings. The number of benzene rings is 1. The number of aromatic amines is 1. The van der Waals surface area contributed by atoms with Crippen molar-refractivity contribution < 1.29 is 5.11 Å². The summed E-state index contributed by atoms with van der Waals surface area (Å²) in [6.45, 7) is 10.6. The lowest BCUT2D eigenvalue weighted by Gasteiger charge is -2.51. The van der Waals surface area contributed by atoms with E-state index in [2.05, 4.69) is 43.7 Å². The van der Waals surface area contributed by atoms with Crippen LogP contribution in [0.25, 0.3) is 11.5 Å². The van der Waals surface area contributed by atoms with Crippen LogP contribution >= 0.6 is 11.6 Å². The molecule has 10 heteroatoms. The van der Waals surface area contributed by atoms with E-state index >= 15 is 0 Å². The molecule has 2 fully saturated rings. The number of likely N-dealkylation sites (tertiary alicyclic amines) is 1. The van der Waals surface area contributed by atoms with Gasteiger partial charge in [0.25, 0.3) is 0 Å². The largest absolute Gasteiger partial charge is 0.394 e. The quantitative estimate of drug-likeness (QED) is 0.483. The summed E-state index contributed by atoms with van der Waals surface area (Å²) in [5, 5.41) is 17.7. The van der Waals surface area contributed by atoms with Crippen molar-refractivity contribution in [2.24, 2.45) is 0 Å². The van der Waals surface area contributed by atoms with Crippen molar-refractivity contribution in [2.75, 3.05) is 37.7 Å². The molecule has 4 heterocycles. The van der Waals surface area contributed by atoms with E-state index in [4.69, 9.17) is 21.6 Å². The molecule has 0 saturated carbocycles. The van der Waals surface area contributed by atoms with Crippen molar-refractivity contribution in [3.05, 3.63) is 53.1 Å². The van der Waals surface area contributed by atoms with Crippen LogP contribution in [-0.4, -0.2) is 91.0 Å². The number of aliphatic hydroxyl groups excluding tert-OH is 1. The maximum atomic E-state index is 10.2. The van der Waals surface area contributed by atoms with Crippen molar-refractivity contribution in [2.45, 2.75) is 64.2 Å². The van der Waals surface area contributed by atoms with Gasteiger partial charge in [-0.15, -0.1) is 0 Å². The Balaban J connectivity index is 1.24. The number of H-pyrrole nitrogens is 1. The van der Waals surface area contributed by atoms with E-state index < -0.39 is 0 Å². The minimum Gasteiger partial charge on any atom is -0.394 e. The topological polar surface area (TPSA) is 97.3 Å². The van der Waals surface area contributed by atoms with Gasteiger partial charge in [-0.3, -0.25) is 14.9 Å². The lowest BCUT2D eigenvalue weighted by molar-refractivity contribution is 0.0289. The molecule has 5 rings (SSSR count). The number of aliphatic hydroxyl groups is 1. The van der Waals surface area contributed by atoms with Crippen molar-refractivity contribution >= 4 is 17.4 Å². The molecule has 1 unspecified atom stereocenters. The predicted octanol–water partition coefficient (Wildman–Crippen LogP) is 3.71. The molecule has 2 aliphatic heterocycles. The number of piperazine rings is 1. The smallest absolute Gasteiger partial charge is 0.201 e. The highest BCUT2D eigenvalue weighted by molar-refractivity contribution is 6.30. The minimum atomic E-state index is 0.0251. The van der Waals surface area contributed by atoms with Gasteiger partial charge in [0.1, 0.15) is 17.8 Å². The second kappa shape index (κ2) is 11.4. The Labute approximate surface area is 223 Å². The molecule has 0 spiro atoms. The fraction of sp³-hybridized carbons (Fsp3) is 0.556. The third kappa shape index (κ3) is 5.50. The molecule has 0 aliphatic carbocycles. The van der Waals surface area contributed by atoms with Crippen molar-refractivity contribution in [3.8, 4) is 11.5 Å². The number of rotatable bonds is 7. The Kier molecular flexibility index (Phi) is 8.04. The number of piperidine rings is 1. The van der Waals surface area contributed by atoms with E-state index in [0.29, 0.717) is 29.6 Å². The first-order chi connectivity index (χ1) is 18.0. The molecule has 0 bridgehead atoms. The first-order valence-corrected chi connectivity index (χ1v) is 13.7. The zero-order chi connectivity index (χ0) is 25.9. The average Bonchev–Trinajstić information content (AvgIpc) is 3.46. The van der Waals surface area contributed by atoms with Crippen LogP contribution in [0.3, 0.4) is 0 Å². The first-order valence-electron chi connectivity index (χ1n) is 13.3. The highest BCUT2D eigenvalue weighted by atomic mass is 35.5. The Bertz CT molecular complexity index is 1150. The average molecular weight is 525 g/mol. The van der Waals surface area contributed by atoms with Crippen LogP contribution in [0.2, 0.25) is 5.02 Å². The zero-order valence-corrected chi connectivity index (χ0v) is 22.6. The van der Waals surface area contributed by atoms with E-state index in [1.807, 2.05) is 31.2 Å². The molecule has 1 aromatic carbocycles. The van der Waals surface area contributed by atoms with Gasteiger partial charge in [-0.1, -0.05) is 30.7 Å². The van der Waals surface area contributed by atoms with Gasteiger partial charge in [0.05, 0.1) is 24.5 Å². The van der Waals surface area contributed by atoms with Crippen LogP contribution in [0.1, 0.15) is 50.4 Å². The summed E-state index contributed by atoms with van der Waals surface area (Å²) in [7, 11) is 0. The molecular formula is C27H37ClN8O. The fourth-order valence-electron chi connectivity index (χ4n) is 6.01. The fourth-order valence-corrected chi connectivity index (χ4v) is 6.14. The summed E-state index contributed by atoms with van der Waals surface area (Å²) in [4.78, 5) is 21.3. The Hall–Kier alpha value is -2.59. The molecule has 9 nitrogen and oxygen atoms in total. The molecule has 37 heavy (non-hydrogen) atoms. The number of anilines is 1. The van der Waals surface area contributed by atoms with E-state index in [0.717, 1.165) is 67.5 Å². The third-order valence-corrected chi connectivity index (χ3v) is 8.28. The highest BCUT2D eigenvalue weighted by Gasteiger charge is 2.38. The van der Waals surface area contributed by atoms with E-state index in [9.17, 15) is 5.11 Å². The van der Waals surface area contributed by atoms with Gasteiger partial charge in [0.2, 0.25) is 5.82 Å². The van der Waals surface area contributed by atoms with Gasteiger partial charge in [0, 0.05) is 49.3 Å². The van der Waals surface area contributed by atoms with Crippen molar-refractivity contribution in [1.82, 2.24) is 34.9 Å². The second-order valence-corrected chi connectivity index (χ2v) is 10.7. The summed E-state index contributed by atoms with van der Waals surface area (Å²) >= 11 is 6.08. The zero-order valence-electron chi connectivity index (χ0n) is 21.9. The van der Waals surface area contributed by atoms with Crippen LogP contribution in [0.5, 0.6) is 0 Å². The number of nitrogens with zero attached hydrogens (tertiary/aromatic N) is 7. The molecule has 0 amide bonds. The molecule has 198 valence electrons. The van der Waals surface area contributed by atoms with Crippen LogP contribution in [0, 0.1) is 6.92 Å². The maximum absolute atomic E-state index is 10.2. The molecule has 0 radical (unpaired) electrons. The Morgan fingerprint density at radius 1 is 1.14 bits per heavy atom. The van der Waals surface area contributed by atoms with Crippen LogP contribution in [0.4, 0.5) is 5.82 Å². The van der Waals surface area contributed by atoms with Crippen molar-refractivity contribution in [1.29, 1.82) is 0 Å². The minimum absolute atomic E-state index is 0.0251. The maximum Gasteiger partial charge on any atom is 0.201 e. The van der Waals surface area contributed by atoms with Gasteiger partial charge >= 0.3 is 0 Å². The van der Waals surface area contributed by atoms with E-state index in [-0.39, 0.29) is 12.6 Å². The molecule has 3 atom stereocenters. The van der Waals surface area contributed by atoms with E-state index in [1.165, 1.54) is 0 Å². The van der Waals surface area contributed by atoms with Crippen LogP contribution in [-0.2, 0) is 0 Å². The third-order valence-electron chi connectivity index (χ3n) is 8.03. The molecule has 2 aromatic heterocycles. The number of aryl methyl sites for hydroxylation is 1. The number of halogens is 1. The molecule has 2 aliphatic rings. The Morgan fingerprint density at radius 3 is 2.51 bits per heavy atom. The molecule has 2 saturated heterocycles. The van der Waals surface area contributed by atoms with Gasteiger partial charge in [-0.05, 0) is 50.8 Å². The van der Waals surface area contributed by atoms with Crippen molar-refractivity contribution in [3.63, 3.8) is 0 Å². The number of hydrogen-bond donors (Lipinski definition) is 2. The summed E-state index contributed by atoms with van der Waals surface area (Å²) in [6.07, 6.45) is 6.64. The normalized spacial score (nSPS) is 22.9. The number of aromatic nitrogens is 5. The van der Waals surface area contributed by atoms with Crippen LogP contribution < -0.4 is 4.90 Å². The predicted molar refractivity (Wildman–Crippen MR) is 146 cm³/mol. The highest BCUT2D eigenvalue weighted by Crippen LogP contribution is 2.32. The molecular weight excluding hydrogens is 488 g/mol. The number of nitrogens with one attached hydrogen (secondary N) is 1. The second-order valence-electron chi connectivity index (χ2n) is 10.3. The summed E-state index contributed by atoms with van der Waals surface area (Å²) in [5.41, 5.74) is 2.72. The molecule has 2 N–H and O–H groups in total. The van der Waals surface area contributed by atoms with Gasteiger partial charge in [0.15, 0.2) is 0 Å². The van der Waals surface area contributed by atoms with Crippen LogP contribution in [0.15, 0.2) is 36.8 Å². The standard InChI is InChI=1S/C27H37ClN8O/c1-4-22-15-35(27-19(3)32-24(13-29-27)26-30-17-31-33-26)18(2)14-36(22)23-9-11-34(12-10-23)25(16-37)20-5-7-21(28)8-6-20/h5-8,13,17-18,22-23,25,37H,4,9-12,14-16H2,1-3H3,(H,30,31,33)/t18-,22+,25?/m1/s1.